The first-order chi connectivity index (χ1) is 9.22. The van der Waals surface area contributed by atoms with E-state index in [2.05, 4.69) is 15.9 Å². The summed E-state index contributed by atoms with van der Waals surface area (Å²) in [5.41, 5.74) is 6.84. The molecule has 19 heavy (non-hydrogen) atoms. The van der Waals surface area contributed by atoms with E-state index in [-0.39, 0.29) is 6.10 Å². The molecule has 2 N–H and O–H groups in total. The number of halogens is 1. The van der Waals surface area contributed by atoms with Gasteiger partial charge in [-0.05, 0) is 29.8 Å². The molecule has 0 spiro atoms. The molecule has 2 aromatic rings. The van der Waals surface area contributed by atoms with Crippen molar-refractivity contribution in [3.05, 3.63) is 58.6 Å². The molecule has 4 heteroatoms. The van der Waals surface area contributed by atoms with Crippen molar-refractivity contribution in [1.29, 1.82) is 0 Å². The van der Waals surface area contributed by atoms with Crippen molar-refractivity contribution in [1.82, 2.24) is 0 Å². The molecule has 0 bridgehead atoms. The zero-order valence-corrected chi connectivity index (χ0v) is 12.3. The van der Waals surface area contributed by atoms with Gasteiger partial charge >= 0.3 is 0 Å². The maximum atomic E-state index is 5.91. The largest absolute Gasteiger partial charge is 0.497 e. The lowest BCUT2D eigenvalue weighted by Crippen LogP contribution is -2.18. The molecule has 0 aliphatic heterocycles. The molecule has 0 fully saturated rings. The third-order valence-electron chi connectivity index (χ3n) is 2.78. The number of rotatable bonds is 5. The first-order valence-electron chi connectivity index (χ1n) is 5.99. The Kier molecular flexibility index (Phi) is 4.82. The minimum absolute atomic E-state index is 0.166. The van der Waals surface area contributed by atoms with E-state index in [9.17, 15) is 0 Å². The highest BCUT2D eigenvalue weighted by atomic mass is 79.9. The summed E-state index contributed by atoms with van der Waals surface area (Å²) in [7, 11) is 1.63. The van der Waals surface area contributed by atoms with E-state index >= 15 is 0 Å². The monoisotopic (exact) mass is 321 g/mol. The van der Waals surface area contributed by atoms with Gasteiger partial charge in [0.1, 0.15) is 17.6 Å². The van der Waals surface area contributed by atoms with E-state index in [0.29, 0.717) is 6.54 Å². The summed E-state index contributed by atoms with van der Waals surface area (Å²) in [6, 6.07) is 15.5. The smallest absolute Gasteiger partial charge is 0.136 e. The van der Waals surface area contributed by atoms with E-state index in [1.807, 2.05) is 48.5 Å². The third-order valence-corrected chi connectivity index (χ3v) is 3.30. The van der Waals surface area contributed by atoms with Gasteiger partial charge in [-0.3, -0.25) is 0 Å². The van der Waals surface area contributed by atoms with E-state index in [0.717, 1.165) is 21.5 Å². The first-order valence-corrected chi connectivity index (χ1v) is 6.78. The Hall–Kier alpha value is -1.52. The van der Waals surface area contributed by atoms with E-state index < -0.39 is 0 Å². The summed E-state index contributed by atoms with van der Waals surface area (Å²) in [5, 5.41) is 0. The lowest BCUT2D eigenvalue weighted by molar-refractivity contribution is 0.213. The fourth-order valence-corrected chi connectivity index (χ4v) is 2.03. The quantitative estimate of drug-likeness (QED) is 0.916. The van der Waals surface area contributed by atoms with Crippen LogP contribution in [0.15, 0.2) is 53.0 Å². The molecule has 0 amide bonds. The van der Waals surface area contributed by atoms with Crippen LogP contribution in [0.5, 0.6) is 11.5 Å². The highest BCUT2D eigenvalue weighted by Gasteiger charge is 2.11. The molecule has 0 radical (unpaired) electrons. The van der Waals surface area contributed by atoms with Crippen molar-refractivity contribution in [2.24, 2.45) is 5.73 Å². The lowest BCUT2D eigenvalue weighted by Gasteiger charge is -2.18. The Morgan fingerprint density at radius 2 is 1.79 bits per heavy atom. The van der Waals surface area contributed by atoms with Crippen LogP contribution < -0.4 is 15.2 Å². The Morgan fingerprint density at radius 3 is 2.42 bits per heavy atom. The molecule has 0 aliphatic carbocycles. The summed E-state index contributed by atoms with van der Waals surface area (Å²) in [5.74, 6) is 1.52. The van der Waals surface area contributed by atoms with E-state index in [4.69, 9.17) is 15.2 Å². The van der Waals surface area contributed by atoms with Gasteiger partial charge in [0.05, 0.1) is 7.11 Å². The second kappa shape index (κ2) is 6.59. The van der Waals surface area contributed by atoms with Crippen LogP contribution in [0, 0.1) is 0 Å². The van der Waals surface area contributed by atoms with Crippen LogP contribution in [-0.4, -0.2) is 13.7 Å². The van der Waals surface area contributed by atoms with Gasteiger partial charge in [-0.25, -0.2) is 0 Å². The second-order valence-corrected chi connectivity index (χ2v) is 4.99. The second-order valence-electron chi connectivity index (χ2n) is 4.07. The number of ether oxygens (including phenoxy) is 2. The molecule has 0 heterocycles. The highest BCUT2D eigenvalue weighted by molar-refractivity contribution is 9.10. The predicted molar refractivity (Wildman–Crippen MR) is 79.6 cm³/mol. The summed E-state index contributed by atoms with van der Waals surface area (Å²) >= 11 is 3.41. The van der Waals surface area contributed by atoms with Gasteiger partial charge in [-0.1, -0.05) is 34.1 Å². The van der Waals surface area contributed by atoms with Crippen molar-refractivity contribution >= 4 is 15.9 Å². The standard InChI is InChI=1S/C15H16BrNO2/c1-18-13-3-2-4-14(9-13)19-15(10-17)11-5-7-12(16)8-6-11/h2-9,15H,10,17H2,1H3. The molecule has 1 atom stereocenters. The number of hydrogen-bond donors (Lipinski definition) is 1. The topological polar surface area (TPSA) is 44.5 Å². The van der Waals surface area contributed by atoms with Gasteiger partial charge in [-0.15, -0.1) is 0 Å². The van der Waals surface area contributed by atoms with Gasteiger partial charge in [0.2, 0.25) is 0 Å². The molecule has 0 saturated heterocycles. The summed E-state index contributed by atoms with van der Waals surface area (Å²) in [4.78, 5) is 0. The third kappa shape index (κ3) is 3.72. The maximum absolute atomic E-state index is 5.91. The van der Waals surface area contributed by atoms with Crippen LogP contribution in [0.2, 0.25) is 0 Å². The summed E-state index contributed by atoms with van der Waals surface area (Å²) in [6.45, 7) is 0.416. The summed E-state index contributed by atoms with van der Waals surface area (Å²) in [6.07, 6.45) is -0.166. The van der Waals surface area contributed by atoms with Crippen molar-refractivity contribution in [2.45, 2.75) is 6.10 Å². The number of nitrogens with two attached hydrogens (primary N) is 1. The van der Waals surface area contributed by atoms with Crippen molar-refractivity contribution in [2.75, 3.05) is 13.7 Å². The maximum Gasteiger partial charge on any atom is 0.136 e. The molecule has 0 aliphatic rings. The molecule has 3 nitrogen and oxygen atoms in total. The molecule has 2 rings (SSSR count). The first kappa shape index (κ1) is 13.9. The Bertz CT molecular complexity index is 528. The van der Waals surface area contributed by atoms with Gasteiger partial charge in [-0.2, -0.15) is 0 Å². The molecule has 0 aromatic heterocycles. The summed E-state index contributed by atoms with van der Waals surface area (Å²) < 4.78 is 12.1. The van der Waals surface area contributed by atoms with Gasteiger partial charge < -0.3 is 15.2 Å². The average molecular weight is 322 g/mol. The normalized spacial score (nSPS) is 11.9. The zero-order chi connectivity index (χ0) is 13.7. The van der Waals surface area contributed by atoms with Crippen LogP contribution >= 0.6 is 15.9 Å². The fraction of sp³-hybridized carbons (Fsp3) is 0.200. The van der Waals surface area contributed by atoms with Crippen molar-refractivity contribution in [3.63, 3.8) is 0 Å². The molecule has 1 unspecified atom stereocenters. The van der Waals surface area contributed by atoms with Crippen LogP contribution in [0.4, 0.5) is 0 Å². The van der Waals surface area contributed by atoms with E-state index in [1.54, 1.807) is 7.11 Å². The predicted octanol–water partition coefficient (Wildman–Crippen LogP) is 3.54. The average Bonchev–Trinajstić information content (AvgIpc) is 2.46. The van der Waals surface area contributed by atoms with Crippen molar-refractivity contribution < 1.29 is 9.47 Å². The Labute approximate surface area is 121 Å². The minimum atomic E-state index is -0.166. The number of hydrogen-bond acceptors (Lipinski definition) is 3. The molecule has 2 aromatic carbocycles. The number of benzene rings is 2. The highest BCUT2D eigenvalue weighted by Crippen LogP contribution is 2.25. The van der Waals surface area contributed by atoms with Crippen LogP contribution in [0.25, 0.3) is 0 Å². The van der Waals surface area contributed by atoms with Crippen LogP contribution in [0.1, 0.15) is 11.7 Å². The van der Waals surface area contributed by atoms with Crippen molar-refractivity contribution in [3.8, 4) is 11.5 Å². The lowest BCUT2D eigenvalue weighted by atomic mass is 10.1. The fourth-order valence-electron chi connectivity index (χ4n) is 1.77. The Balaban J connectivity index is 2.16. The van der Waals surface area contributed by atoms with Gasteiger partial charge in [0.15, 0.2) is 0 Å². The molecular formula is C15H16BrNO2. The molecule has 0 saturated carbocycles. The van der Waals surface area contributed by atoms with E-state index in [1.165, 1.54) is 0 Å². The SMILES string of the molecule is COc1cccc(OC(CN)c2ccc(Br)cc2)c1. The molecule has 100 valence electrons. The Morgan fingerprint density at radius 1 is 1.11 bits per heavy atom. The zero-order valence-electron chi connectivity index (χ0n) is 10.7. The van der Waals surface area contributed by atoms with Gasteiger partial charge in [0.25, 0.3) is 0 Å². The minimum Gasteiger partial charge on any atom is -0.497 e. The van der Waals surface area contributed by atoms with Gasteiger partial charge in [0, 0.05) is 17.1 Å². The van der Waals surface area contributed by atoms with Crippen LogP contribution in [-0.2, 0) is 0 Å². The molecular weight excluding hydrogens is 306 g/mol. The number of methoxy groups -OCH3 is 1. The van der Waals surface area contributed by atoms with Crippen LogP contribution in [0.3, 0.4) is 0 Å².